The van der Waals surface area contributed by atoms with Gasteiger partial charge >= 0.3 is 0 Å². The van der Waals surface area contributed by atoms with E-state index in [9.17, 15) is 17.9 Å². The summed E-state index contributed by atoms with van der Waals surface area (Å²) in [5, 5.41) is 19.8. The van der Waals surface area contributed by atoms with Crippen molar-refractivity contribution in [3.63, 3.8) is 0 Å². The van der Waals surface area contributed by atoms with Crippen molar-refractivity contribution in [2.24, 2.45) is 0 Å². The summed E-state index contributed by atoms with van der Waals surface area (Å²) in [6, 6.07) is 27.5. The highest BCUT2D eigenvalue weighted by molar-refractivity contribution is 9.11. The molecular formula is C81H110Br2ClN18O8P2S+. The van der Waals surface area contributed by atoms with E-state index in [1.54, 1.807) is 76.9 Å². The molecule has 4 aromatic heterocycles. The third kappa shape index (κ3) is 25.7. The number of ether oxygens (including phenoxy) is 2. The Labute approximate surface area is 689 Å². The van der Waals surface area contributed by atoms with Crippen LogP contribution in [0.2, 0.25) is 5.28 Å². The van der Waals surface area contributed by atoms with Crippen molar-refractivity contribution in [2.45, 2.75) is 96.0 Å². The molecule has 0 unspecified atom stereocenters. The Kier molecular flexibility index (Phi) is 33.5. The van der Waals surface area contributed by atoms with Crippen molar-refractivity contribution >= 4 is 131 Å². The first-order chi connectivity index (χ1) is 54.0. The van der Waals surface area contributed by atoms with E-state index in [0.717, 1.165) is 133 Å². The highest BCUT2D eigenvalue weighted by Gasteiger charge is 2.33. The van der Waals surface area contributed by atoms with Crippen molar-refractivity contribution in [1.82, 2.24) is 59.5 Å². The van der Waals surface area contributed by atoms with Crippen LogP contribution in [-0.2, 0) is 27.5 Å². The van der Waals surface area contributed by atoms with Crippen LogP contribution in [0.4, 0.5) is 51.7 Å². The number of nitrogens with one attached hydrogen (secondary N) is 3. The lowest BCUT2D eigenvalue weighted by molar-refractivity contribution is 0.0982. The minimum Gasteiger partial charge on any atom is -0.495 e. The Balaban J connectivity index is 0.000000189. The zero-order valence-electron chi connectivity index (χ0n) is 66.9. The number of piperazine rings is 2. The van der Waals surface area contributed by atoms with Crippen molar-refractivity contribution in [1.29, 1.82) is 0 Å². The van der Waals surface area contributed by atoms with Gasteiger partial charge in [-0.2, -0.15) is 18.4 Å². The summed E-state index contributed by atoms with van der Waals surface area (Å²) >= 11 is 12.9. The molecule has 608 valence electrons. The number of hydrogen-bond donors (Lipinski definition) is 7. The van der Waals surface area contributed by atoms with Crippen LogP contribution in [0.5, 0.6) is 11.5 Å². The summed E-state index contributed by atoms with van der Waals surface area (Å²) in [4.78, 5) is 60.2. The highest BCUT2D eigenvalue weighted by atomic mass is 79.9. The Morgan fingerprint density at radius 3 is 1.53 bits per heavy atom. The maximum Gasteiger partial charge on any atom is 0.294 e. The van der Waals surface area contributed by atoms with Gasteiger partial charge in [0, 0.05) is 174 Å². The lowest BCUT2D eigenvalue weighted by atomic mass is 9.99. The Morgan fingerprint density at radius 2 is 1.07 bits per heavy atom. The Bertz CT molecular complexity index is 4710. The second-order valence-electron chi connectivity index (χ2n) is 29.2. The van der Waals surface area contributed by atoms with Gasteiger partial charge in [-0.15, -0.1) is 0 Å². The first-order valence-corrected chi connectivity index (χ1v) is 46.8. The van der Waals surface area contributed by atoms with E-state index in [1.807, 2.05) is 56.7 Å². The molecule has 0 amide bonds. The predicted molar refractivity (Wildman–Crippen MR) is 470 cm³/mol. The molecule has 8 N–H and O–H groups in total. The molecule has 13 rings (SSSR count). The molecule has 0 radical (unpaired) electrons. The molecule has 4 saturated heterocycles. The molecule has 0 spiro atoms. The van der Waals surface area contributed by atoms with Crippen molar-refractivity contribution in [2.75, 3.05) is 172 Å². The SMILES string of the molecule is CCCCO.CCc1cc(N)c(OC)cc1N1CCC(N2CCN(C)CC2)CC1.CCc1cc(Nc2ncc(Br)c(Nc3ccc(-c4cncnc4)cc3[P+](C)(C)O)n2)c(OC)cc1N1CCC(N2CCN(C)CC2)CC1.CP(C)(=O)c1cc(-c2cncnc2)ccc1Nc1nc(Cl)ncc1Br.Cc1ccc(S(=O)(=O)O)cc1. The summed E-state index contributed by atoms with van der Waals surface area (Å²) in [6.07, 6.45) is 22.0. The van der Waals surface area contributed by atoms with Gasteiger partial charge in [-0.25, -0.2) is 34.8 Å². The molecule has 5 aromatic carbocycles. The summed E-state index contributed by atoms with van der Waals surface area (Å²) in [7, 11) is -1.16. The first-order valence-electron chi connectivity index (χ1n) is 38.1. The first kappa shape index (κ1) is 89.3. The van der Waals surface area contributed by atoms with Crippen LogP contribution in [0.25, 0.3) is 22.3 Å². The normalized spacial score (nSPS) is 15.6. The van der Waals surface area contributed by atoms with E-state index >= 15 is 0 Å². The van der Waals surface area contributed by atoms with Crippen LogP contribution >= 0.6 is 58.1 Å². The number of aryl methyl sites for hydroxylation is 3. The van der Waals surface area contributed by atoms with Gasteiger partial charge in [0.05, 0.1) is 64.1 Å². The fourth-order valence-electron chi connectivity index (χ4n) is 13.8. The summed E-state index contributed by atoms with van der Waals surface area (Å²) in [5.41, 5.74) is 18.8. The van der Waals surface area contributed by atoms with Crippen LogP contribution in [0.15, 0.2) is 149 Å². The monoisotopic (exact) mass is 1750 g/mol. The topological polar surface area (TPSA) is 315 Å². The average molecular weight is 1750 g/mol. The van der Waals surface area contributed by atoms with Crippen molar-refractivity contribution < 1.29 is 37.0 Å². The largest absolute Gasteiger partial charge is 0.495 e. The molecule has 8 heterocycles. The lowest BCUT2D eigenvalue weighted by Gasteiger charge is -2.43. The fraction of sp³-hybridized carbons (Fsp3) is 0.432. The van der Waals surface area contributed by atoms with Crippen LogP contribution in [0, 0.1) is 6.92 Å². The van der Waals surface area contributed by atoms with Gasteiger partial charge in [0.1, 0.15) is 42.4 Å². The molecule has 9 aromatic rings. The molecule has 26 nitrogen and oxygen atoms in total. The van der Waals surface area contributed by atoms with E-state index in [4.69, 9.17) is 41.5 Å². The number of hydrogen-bond acceptors (Lipinski definition) is 25. The molecule has 0 saturated carbocycles. The maximum atomic E-state index is 12.8. The number of unbranched alkanes of at least 4 members (excludes halogenated alkanes) is 1. The van der Waals surface area contributed by atoms with Crippen LogP contribution in [0.3, 0.4) is 0 Å². The lowest BCUT2D eigenvalue weighted by Crippen LogP contribution is -2.52. The quantitative estimate of drug-likeness (QED) is 0.0152. The molecule has 0 atom stereocenters. The third-order valence-corrected chi connectivity index (χ3v) is 25.6. The second-order valence-corrected chi connectivity index (χ2v) is 39.1. The average Bonchev–Trinajstić information content (AvgIpc) is 0.802. The van der Waals surface area contributed by atoms with Crippen molar-refractivity contribution in [3.05, 3.63) is 166 Å². The maximum absolute atomic E-state index is 12.8. The van der Waals surface area contributed by atoms with Gasteiger partial charge in [-0.1, -0.05) is 57.0 Å². The van der Waals surface area contributed by atoms with E-state index in [1.165, 1.54) is 112 Å². The Morgan fingerprint density at radius 1 is 0.602 bits per heavy atom. The number of aliphatic hydroxyl groups excluding tert-OH is 1. The molecular weight excluding hydrogens is 1640 g/mol. The van der Waals surface area contributed by atoms with Crippen molar-refractivity contribution in [3.8, 4) is 33.8 Å². The molecule has 32 heteroatoms. The number of nitrogens with zero attached hydrogens (tertiary/aromatic N) is 14. The zero-order chi connectivity index (χ0) is 81.6. The number of nitrogen functional groups attached to an aromatic ring is 1. The number of piperidine rings is 2. The summed E-state index contributed by atoms with van der Waals surface area (Å²) < 4.78 is 55.1. The number of halogens is 3. The number of rotatable bonds is 21. The molecule has 0 bridgehead atoms. The minimum atomic E-state index is -4.02. The summed E-state index contributed by atoms with van der Waals surface area (Å²) in [6.45, 7) is 29.7. The molecule has 4 aliphatic rings. The second kappa shape index (κ2) is 42.3. The number of nitrogens with two attached hydrogens (primary N) is 1. The number of benzene rings is 5. The Hall–Kier alpha value is -7.60. The van der Waals surface area contributed by atoms with Gasteiger partial charge in [-0.05, 0) is 194 Å². The highest BCUT2D eigenvalue weighted by Crippen LogP contribution is 2.48. The molecule has 0 aliphatic carbocycles. The minimum absolute atomic E-state index is 0.0666. The van der Waals surface area contributed by atoms with Gasteiger partial charge in [0.25, 0.3) is 10.1 Å². The van der Waals surface area contributed by atoms with Crippen LogP contribution in [-0.4, -0.2) is 235 Å². The van der Waals surface area contributed by atoms with E-state index < -0.39 is 24.7 Å². The zero-order valence-corrected chi connectivity index (χ0v) is 73.4. The molecule has 113 heavy (non-hydrogen) atoms. The van der Waals surface area contributed by atoms with Crippen LogP contribution < -0.4 is 51.6 Å². The van der Waals surface area contributed by atoms with E-state index in [0.29, 0.717) is 50.2 Å². The standard InChI is InChI=1S/C35H46BrN9O2P.C19H32N4O.C16H14BrClN5OP.C7H8O3S.C4H10O/c1-6-24-17-30(32(47-3)19-31(24)45-11-9-27(10-12-45)44-15-13-43(2)14-16-44)41-35-39-22-28(36)34(42-35)40-29-8-7-25(18-33(29)48(4,5)46)26-20-37-23-38-21-26;1-4-15-13-17(20)19(24-3)14-18(15)23-7-5-16(6-8-23)22-11-9-21(2)10-12-22;1-25(2,24)14-5-10(11-6-19-9-20-7-11)3-4-13(14)22-15-12(17)8-21-16(18)23-15;1-6-2-4-7(5-3-6)11(8,9)10;1-2-3-4-5/h7-8,17-23,27,46H,6,9-16H2,1-5H3,(H2,39,40,41,42);13-14,16H,4-12,20H2,1-3H3;3-9H,1-2H3,(H,21,22,23);2-5H,1H3,(H,8,9,10);5H,2-4H2,1H3/q+1;;;;. The molecule has 4 fully saturated rings. The number of aromatic nitrogens is 8. The smallest absolute Gasteiger partial charge is 0.294 e. The van der Waals surface area contributed by atoms with Gasteiger partial charge in [0.15, 0.2) is 13.3 Å². The van der Waals surface area contributed by atoms with Gasteiger partial charge < -0.3 is 60.4 Å². The summed E-state index contributed by atoms with van der Waals surface area (Å²) in [5.74, 6) is 3.06. The number of likely N-dealkylation sites (N-methyl/N-ethyl adjacent to an activating group) is 2. The predicted octanol–water partition coefficient (Wildman–Crippen LogP) is 14.2. The van der Waals surface area contributed by atoms with Gasteiger partial charge in [-0.3, -0.25) is 14.4 Å². The van der Waals surface area contributed by atoms with Crippen LogP contribution in [0.1, 0.15) is 76.0 Å². The van der Waals surface area contributed by atoms with E-state index in [-0.39, 0.29) is 10.2 Å². The molecule has 4 aliphatic heterocycles. The number of aliphatic hydroxyl groups is 1. The number of anilines is 9. The van der Waals surface area contributed by atoms with Gasteiger partial charge in [0.2, 0.25) is 11.2 Å². The third-order valence-electron chi connectivity index (χ3n) is 20.3. The fourth-order valence-corrected chi connectivity index (χ4v) is 17.3. The van der Waals surface area contributed by atoms with E-state index in [2.05, 4.69) is 171 Å². The number of methoxy groups -OCH3 is 2.